The van der Waals surface area contributed by atoms with Gasteiger partial charge in [0.2, 0.25) is 17.7 Å². The molecule has 0 aromatic heterocycles. The van der Waals surface area contributed by atoms with Gasteiger partial charge in [0.25, 0.3) is 0 Å². The first-order valence-electron chi connectivity index (χ1n) is 9.90. The number of amides is 3. The summed E-state index contributed by atoms with van der Waals surface area (Å²) in [7, 11) is 0. The summed E-state index contributed by atoms with van der Waals surface area (Å²) >= 11 is 0. The smallest absolute Gasteiger partial charge is 0.233 e. The van der Waals surface area contributed by atoms with Gasteiger partial charge in [0.1, 0.15) is 6.29 Å². The number of hydrogen-bond donors (Lipinski definition) is 1. The highest BCUT2D eigenvalue weighted by Crippen LogP contribution is 2.26. The second-order valence-electron chi connectivity index (χ2n) is 8.12. The minimum Gasteiger partial charge on any atom is -0.379 e. The molecule has 0 spiro atoms. The van der Waals surface area contributed by atoms with Gasteiger partial charge in [-0.25, -0.2) is 0 Å². The van der Waals surface area contributed by atoms with Gasteiger partial charge in [0.05, 0.1) is 19.8 Å². The fourth-order valence-electron chi connectivity index (χ4n) is 2.74. The molecular weight excluding hydrogens is 364 g/mol. The normalized spacial score (nSPS) is 17.5. The first-order chi connectivity index (χ1) is 13.2. The van der Waals surface area contributed by atoms with Crippen molar-refractivity contribution in [3.8, 4) is 0 Å². The number of ether oxygens (including phenoxy) is 2. The topological polar surface area (TPSA) is 102 Å². The predicted octanol–water partition coefficient (Wildman–Crippen LogP) is 1.17. The summed E-state index contributed by atoms with van der Waals surface area (Å²) < 4.78 is 10.8. The molecule has 1 unspecified atom stereocenters. The lowest BCUT2D eigenvalue weighted by molar-refractivity contribution is -0.140. The first-order valence-corrected chi connectivity index (χ1v) is 9.90. The van der Waals surface area contributed by atoms with Gasteiger partial charge in [-0.3, -0.25) is 19.3 Å². The largest absolute Gasteiger partial charge is 0.379 e. The number of aldehydes is 1. The van der Waals surface area contributed by atoms with E-state index in [4.69, 9.17) is 9.47 Å². The number of hydrogen-bond acceptors (Lipinski definition) is 6. The number of nitrogens with one attached hydrogen (secondary N) is 1. The van der Waals surface area contributed by atoms with Crippen molar-refractivity contribution in [2.45, 2.75) is 47.0 Å². The van der Waals surface area contributed by atoms with E-state index in [9.17, 15) is 19.2 Å². The number of likely N-dealkylation sites (tertiary alicyclic amines) is 1. The zero-order valence-electron chi connectivity index (χ0n) is 17.5. The molecule has 1 aliphatic rings. The van der Waals surface area contributed by atoms with E-state index in [2.05, 4.69) is 5.32 Å². The van der Waals surface area contributed by atoms with Crippen LogP contribution in [0.4, 0.5) is 0 Å². The number of carbonyl (C=O) groups excluding carboxylic acids is 4. The van der Waals surface area contributed by atoms with Crippen LogP contribution < -0.4 is 5.32 Å². The van der Waals surface area contributed by atoms with Crippen LogP contribution in [-0.4, -0.2) is 68.4 Å². The van der Waals surface area contributed by atoms with Crippen molar-refractivity contribution < 1.29 is 28.7 Å². The molecule has 8 heteroatoms. The molecule has 0 saturated carbocycles. The van der Waals surface area contributed by atoms with Crippen LogP contribution >= 0.6 is 0 Å². The molecule has 0 aromatic rings. The van der Waals surface area contributed by atoms with Gasteiger partial charge in [-0.05, 0) is 12.3 Å². The van der Waals surface area contributed by atoms with Gasteiger partial charge in [-0.15, -0.1) is 0 Å². The molecular formula is C20H34N2O6. The summed E-state index contributed by atoms with van der Waals surface area (Å²) in [6.07, 6.45) is 1.92. The van der Waals surface area contributed by atoms with Crippen LogP contribution in [-0.2, 0) is 28.7 Å². The van der Waals surface area contributed by atoms with Gasteiger partial charge < -0.3 is 19.6 Å². The number of imide groups is 1. The summed E-state index contributed by atoms with van der Waals surface area (Å²) in [4.78, 5) is 47.9. The van der Waals surface area contributed by atoms with Crippen molar-refractivity contribution >= 4 is 24.0 Å². The molecule has 28 heavy (non-hydrogen) atoms. The molecule has 0 aliphatic carbocycles. The number of rotatable bonds is 14. The summed E-state index contributed by atoms with van der Waals surface area (Å²) in [5.74, 6) is -0.739. The maximum atomic E-state index is 12.2. The fourth-order valence-corrected chi connectivity index (χ4v) is 2.74. The Morgan fingerprint density at radius 3 is 2.43 bits per heavy atom. The van der Waals surface area contributed by atoms with E-state index >= 15 is 0 Å². The van der Waals surface area contributed by atoms with E-state index in [-0.39, 0.29) is 54.4 Å². The standard InChI is InChI=1S/C20H34N2O6/c1-15(2)16-13-18(25)22(19(16)26)8-5-17(24)21-7-10-28-12-11-27-9-6-20(3,4)14-23/h14-16H,5-13H2,1-4H3,(H,21,24). The molecule has 1 fully saturated rings. The zero-order chi connectivity index (χ0) is 21.2. The van der Waals surface area contributed by atoms with E-state index in [1.54, 1.807) is 0 Å². The van der Waals surface area contributed by atoms with Crippen LogP contribution in [0.25, 0.3) is 0 Å². The highest BCUT2D eigenvalue weighted by Gasteiger charge is 2.39. The van der Waals surface area contributed by atoms with E-state index in [1.165, 1.54) is 4.90 Å². The maximum Gasteiger partial charge on any atom is 0.233 e. The minimum absolute atomic E-state index is 0.0952. The average molecular weight is 399 g/mol. The molecule has 1 heterocycles. The average Bonchev–Trinajstić information content (AvgIpc) is 2.92. The van der Waals surface area contributed by atoms with Crippen molar-refractivity contribution in [3.63, 3.8) is 0 Å². The molecule has 160 valence electrons. The van der Waals surface area contributed by atoms with Crippen molar-refractivity contribution in [2.75, 3.05) is 39.5 Å². The molecule has 1 aliphatic heterocycles. The Morgan fingerprint density at radius 2 is 1.86 bits per heavy atom. The third-order valence-corrected chi connectivity index (χ3v) is 4.80. The van der Waals surface area contributed by atoms with Crippen molar-refractivity contribution in [3.05, 3.63) is 0 Å². The summed E-state index contributed by atoms with van der Waals surface area (Å²) in [5, 5.41) is 2.71. The van der Waals surface area contributed by atoms with Crippen molar-refractivity contribution in [1.82, 2.24) is 10.2 Å². The molecule has 1 N–H and O–H groups in total. The Hall–Kier alpha value is -1.80. The van der Waals surface area contributed by atoms with Crippen LogP contribution in [0.15, 0.2) is 0 Å². The first kappa shape index (κ1) is 24.2. The van der Waals surface area contributed by atoms with Crippen LogP contribution in [0.3, 0.4) is 0 Å². The van der Waals surface area contributed by atoms with E-state index in [1.807, 2.05) is 27.7 Å². The van der Waals surface area contributed by atoms with Gasteiger partial charge in [-0.1, -0.05) is 27.7 Å². The molecule has 0 aromatic carbocycles. The van der Waals surface area contributed by atoms with E-state index in [0.29, 0.717) is 39.4 Å². The highest BCUT2D eigenvalue weighted by molar-refractivity contribution is 6.03. The van der Waals surface area contributed by atoms with Crippen molar-refractivity contribution in [1.29, 1.82) is 0 Å². The van der Waals surface area contributed by atoms with Crippen LogP contribution in [0.1, 0.15) is 47.0 Å². The van der Waals surface area contributed by atoms with Gasteiger partial charge >= 0.3 is 0 Å². The molecule has 0 radical (unpaired) electrons. The lowest BCUT2D eigenvalue weighted by atomic mass is 9.92. The van der Waals surface area contributed by atoms with Gasteiger partial charge in [-0.2, -0.15) is 0 Å². The Balaban J connectivity index is 2.05. The molecule has 1 saturated heterocycles. The second-order valence-corrected chi connectivity index (χ2v) is 8.12. The highest BCUT2D eigenvalue weighted by atomic mass is 16.5. The molecule has 8 nitrogen and oxygen atoms in total. The van der Waals surface area contributed by atoms with E-state index < -0.39 is 0 Å². The molecule has 1 atom stereocenters. The zero-order valence-corrected chi connectivity index (χ0v) is 17.5. The summed E-state index contributed by atoms with van der Waals surface area (Å²) in [5.41, 5.74) is -0.370. The molecule has 3 amide bonds. The number of carbonyl (C=O) groups is 4. The summed E-state index contributed by atoms with van der Waals surface area (Å²) in [6.45, 7) is 9.73. The maximum absolute atomic E-state index is 12.2. The third kappa shape index (κ3) is 8.48. The second kappa shape index (κ2) is 11.9. The minimum atomic E-state index is -0.370. The SMILES string of the molecule is CC(C)C1CC(=O)N(CCC(=O)NCCOCCOCCC(C)(C)C=O)C1=O. The van der Waals surface area contributed by atoms with Crippen LogP contribution in [0.5, 0.6) is 0 Å². The lowest BCUT2D eigenvalue weighted by Gasteiger charge is -2.16. The Bertz CT molecular complexity index is 547. The monoisotopic (exact) mass is 398 g/mol. The van der Waals surface area contributed by atoms with Crippen LogP contribution in [0.2, 0.25) is 0 Å². The fraction of sp³-hybridized carbons (Fsp3) is 0.800. The Morgan fingerprint density at radius 1 is 1.21 bits per heavy atom. The Kier molecular flexibility index (Phi) is 10.3. The Labute approximate surface area is 167 Å². The van der Waals surface area contributed by atoms with Crippen LogP contribution in [0, 0.1) is 17.3 Å². The van der Waals surface area contributed by atoms with Gasteiger partial charge in [0.15, 0.2) is 0 Å². The lowest BCUT2D eigenvalue weighted by Crippen LogP contribution is -2.36. The van der Waals surface area contributed by atoms with Crippen molar-refractivity contribution in [2.24, 2.45) is 17.3 Å². The predicted molar refractivity (Wildman–Crippen MR) is 103 cm³/mol. The van der Waals surface area contributed by atoms with Gasteiger partial charge in [0, 0.05) is 43.9 Å². The van der Waals surface area contributed by atoms with E-state index in [0.717, 1.165) is 6.29 Å². The number of nitrogens with zero attached hydrogens (tertiary/aromatic N) is 1. The molecule has 1 rings (SSSR count). The molecule has 0 bridgehead atoms. The quantitative estimate of drug-likeness (QED) is 0.268. The summed E-state index contributed by atoms with van der Waals surface area (Å²) in [6, 6.07) is 0. The third-order valence-electron chi connectivity index (χ3n) is 4.80.